The lowest BCUT2D eigenvalue weighted by Gasteiger charge is -2.07. The molecule has 0 spiro atoms. The number of halogens is 1. The van der Waals surface area contributed by atoms with Crippen molar-refractivity contribution in [2.45, 2.75) is 18.3 Å². The van der Waals surface area contributed by atoms with Crippen LogP contribution in [0.15, 0.2) is 78.9 Å². The van der Waals surface area contributed by atoms with Crippen molar-refractivity contribution in [2.75, 3.05) is 5.32 Å². The van der Waals surface area contributed by atoms with Gasteiger partial charge in [-0.2, -0.15) is 0 Å². The Morgan fingerprint density at radius 1 is 0.840 bits per heavy atom. The lowest BCUT2D eigenvalue weighted by atomic mass is 10.0. The molecule has 0 saturated heterocycles. The van der Waals surface area contributed by atoms with Gasteiger partial charge in [0.1, 0.15) is 0 Å². The number of nitrogens with one attached hydrogen (secondary N) is 1. The van der Waals surface area contributed by atoms with E-state index >= 15 is 0 Å². The van der Waals surface area contributed by atoms with E-state index in [0.29, 0.717) is 22.4 Å². The van der Waals surface area contributed by atoms with E-state index in [1.54, 1.807) is 24.3 Å². The second-order valence-corrected chi connectivity index (χ2v) is 6.88. The van der Waals surface area contributed by atoms with E-state index in [9.17, 15) is 4.79 Å². The zero-order valence-electron chi connectivity index (χ0n) is 13.7. The Labute approximate surface area is 152 Å². The van der Waals surface area contributed by atoms with Crippen LogP contribution in [0.1, 0.15) is 39.7 Å². The number of carbonyl (C=O) groups is 1. The van der Waals surface area contributed by atoms with Crippen LogP contribution < -0.4 is 5.32 Å². The van der Waals surface area contributed by atoms with Crippen molar-refractivity contribution < 1.29 is 4.79 Å². The monoisotopic (exact) mass is 347 g/mol. The molecule has 2 atom stereocenters. The molecule has 0 aliphatic heterocycles. The molecule has 2 nitrogen and oxygen atoms in total. The third-order valence-corrected chi connectivity index (χ3v) is 4.94. The molecule has 3 aromatic carbocycles. The van der Waals surface area contributed by atoms with E-state index in [0.717, 1.165) is 5.69 Å². The van der Waals surface area contributed by atoms with Crippen molar-refractivity contribution in [1.29, 1.82) is 0 Å². The normalized spacial score (nSPS) is 18.6. The summed E-state index contributed by atoms with van der Waals surface area (Å²) in [5.41, 5.74) is 4.09. The predicted molar refractivity (Wildman–Crippen MR) is 102 cm³/mol. The summed E-state index contributed by atoms with van der Waals surface area (Å²) in [7, 11) is 0. The van der Waals surface area contributed by atoms with Crippen LogP contribution in [0.4, 0.5) is 5.69 Å². The lowest BCUT2D eigenvalue weighted by Crippen LogP contribution is -2.11. The first-order chi connectivity index (χ1) is 12.2. The maximum atomic E-state index is 12.3. The first-order valence-corrected chi connectivity index (χ1v) is 8.80. The summed E-state index contributed by atoms with van der Waals surface area (Å²) >= 11 is 5.94. The Bertz CT molecular complexity index is 889. The van der Waals surface area contributed by atoms with Gasteiger partial charge in [0, 0.05) is 16.3 Å². The molecule has 1 aliphatic carbocycles. The Morgan fingerprint density at radius 3 is 2.20 bits per heavy atom. The summed E-state index contributed by atoms with van der Waals surface area (Å²) in [6.07, 6.45) is 1.19. The summed E-state index contributed by atoms with van der Waals surface area (Å²) in [4.78, 5) is 12.3. The van der Waals surface area contributed by atoms with E-state index in [1.807, 2.05) is 12.1 Å². The van der Waals surface area contributed by atoms with E-state index in [1.165, 1.54) is 17.5 Å². The molecule has 1 fully saturated rings. The van der Waals surface area contributed by atoms with E-state index in [2.05, 4.69) is 47.8 Å². The van der Waals surface area contributed by atoms with Gasteiger partial charge >= 0.3 is 0 Å². The highest BCUT2D eigenvalue weighted by molar-refractivity contribution is 6.31. The Kier molecular flexibility index (Phi) is 4.29. The molecule has 1 amide bonds. The first-order valence-electron chi connectivity index (χ1n) is 8.42. The molecule has 0 heterocycles. The minimum absolute atomic E-state index is 0.149. The van der Waals surface area contributed by atoms with E-state index < -0.39 is 0 Å². The number of hydrogen-bond acceptors (Lipinski definition) is 1. The fourth-order valence-electron chi connectivity index (χ4n) is 3.28. The maximum Gasteiger partial charge on any atom is 0.255 e. The number of benzene rings is 3. The van der Waals surface area contributed by atoms with Gasteiger partial charge in [-0.15, -0.1) is 0 Å². The zero-order valence-corrected chi connectivity index (χ0v) is 14.4. The average Bonchev–Trinajstić information content (AvgIpc) is 3.44. The van der Waals surface area contributed by atoms with Crippen molar-refractivity contribution in [2.24, 2.45) is 0 Å². The van der Waals surface area contributed by atoms with Crippen molar-refractivity contribution in [3.8, 4) is 0 Å². The molecule has 25 heavy (non-hydrogen) atoms. The van der Waals surface area contributed by atoms with Crippen LogP contribution in [0.5, 0.6) is 0 Å². The highest BCUT2D eigenvalue weighted by atomic mass is 35.5. The molecule has 1 saturated carbocycles. The van der Waals surface area contributed by atoms with Gasteiger partial charge in [-0.1, -0.05) is 60.1 Å². The Balaban J connectivity index is 1.42. The molecule has 0 aromatic heterocycles. The van der Waals surface area contributed by atoms with Gasteiger partial charge in [0.05, 0.1) is 0 Å². The zero-order chi connectivity index (χ0) is 17.2. The van der Waals surface area contributed by atoms with Crippen molar-refractivity contribution >= 4 is 23.2 Å². The van der Waals surface area contributed by atoms with Crippen LogP contribution in [0.25, 0.3) is 0 Å². The molecule has 0 bridgehead atoms. The maximum absolute atomic E-state index is 12.3. The first kappa shape index (κ1) is 15.9. The van der Waals surface area contributed by atoms with E-state index in [-0.39, 0.29) is 5.91 Å². The molecular formula is C22H18ClNO. The van der Waals surface area contributed by atoms with Crippen LogP contribution >= 0.6 is 11.6 Å². The van der Waals surface area contributed by atoms with Crippen LogP contribution in [0.2, 0.25) is 5.02 Å². The van der Waals surface area contributed by atoms with Gasteiger partial charge in [0.25, 0.3) is 5.91 Å². The van der Waals surface area contributed by atoms with Gasteiger partial charge in [-0.3, -0.25) is 4.79 Å². The van der Waals surface area contributed by atoms with Crippen LogP contribution in [0, 0.1) is 0 Å². The van der Waals surface area contributed by atoms with Crippen LogP contribution in [-0.2, 0) is 0 Å². The quantitative estimate of drug-likeness (QED) is 0.628. The molecule has 3 aromatic rings. The number of carbonyl (C=O) groups excluding carboxylic acids is 1. The highest BCUT2D eigenvalue weighted by Gasteiger charge is 2.39. The largest absolute Gasteiger partial charge is 0.322 e. The van der Waals surface area contributed by atoms with Gasteiger partial charge in [0.2, 0.25) is 0 Å². The Hall–Kier alpha value is -2.58. The molecule has 2 unspecified atom stereocenters. The smallest absolute Gasteiger partial charge is 0.255 e. The third-order valence-electron chi connectivity index (χ3n) is 4.70. The average molecular weight is 348 g/mol. The molecule has 0 radical (unpaired) electrons. The topological polar surface area (TPSA) is 29.1 Å². The summed E-state index contributed by atoms with van der Waals surface area (Å²) in [6, 6.07) is 25.8. The molecule has 124 valence electrons. The molecule has 4 rings (SSSR count). The second-order valence-electron chi connectivity index (χ2n) is 6.45. The van der Waals surface area contributed by atoms with Crippen molar-refractivity contribution in [3.05, 3.63) is 101 Å². The van der Waals surface area contributed by atoms with Gasteiger partial charge in [-0.05, 0) is 59.7 Å². The Morgan fingerprint density at radius 2 is 1.52 bits per heavy atom. The standard InChI is InChI=1S/C22H18ClNO/c23-18-8-4-7-17(13-18)22(25)24-19-11-9-16(10-12-19)21-14-20(21)15-5-2-1-3-6-15/h1-13,20-21H,14H2,(H,24,25). The number of anilines is 1. The van der Waals surface area contributed by atoms with Gasteiger partial charge in [-0.25, -0.2) is 0 Å². The SMILES string of the molecule is O=C(Nc1ccc(C2CC2c2ccccc2)cc1)c1cccc(Cl)c1. The summed E-state index contributed by atoms with van der Waals surface area (Å²) in [5, 5.41) is 3.48. The van der Waals surface area contributed by atoms with Gasteiger partial charge < -0.3 is 5.32 Å². The summed E-state index contributed by atoms with van der Waals surface area (Å²) in [6.45, 7) is 0. The predicted octanol–water partition coefficient (Wildman–Crippen LogP) is 5.86. The van der Waals surface area contributed by atoms with Crippen LogP contribution in [-0.4, -0.2) is 5.91 Å². The van der Waals surface area contributed by atoms with E-state index in [4.69, 9.17) is 11.6 Å². The van der Waals surface area contributed by atoms with Gasteiger partial charge in [0.15, 0.2) is 0 Å². The van der Waals surface area contributed by atoms with Crippen molar-refractivity contribution in [1.82, 2.24) is 0 Å². The summed E-state index contributed by atoms with van der Waals surface area (Å²) in [5.74, 6) is 1.05. The minimum atomic E-state index is -0.149. The molecule has 1 aliphatic rings. The fraction of sp³-hybridized carbons (Fsp3) is 0.136. The third kappa shape index (κ3) is 3.59. The number of rotatable bonds is 4. The number of hydrogen-bond donors (Lipinski definition) is 1. The molecule has 1 N–H and O–H groups in total. The van der Waals surface area contributed by atoms with Crippen molar-refractivity contribution in [3.63, 3.8) is 0 Å². The molecule has 3 heteroatoms. The number of amides is 1. The van der Waals surface area contributed by atoms with Crippen LogP contribution in [0.3, 0.4) is 0 Å². The lowest BCUT2D eigenvalue weighted by molar-refractivity contribution is 0.102. The molecular weight excluding hydrogens is 330 g/mol. The minimum Gasteiger partial charge on any atom is -0.322 e. The second kappa shape index (κ2) is 6.73. The fourth-order valence-corrected chi connectivity index (χ4v) is 3.47. The summed E-state index contributed by atoms with van der Waals surface area (Å²) < 4.78 is 0. The highest BCUT2D eigenvalue weighted by Crippen LogP contribution is 2.54.